The second-order valence-corrected chi connectivity index (χ2v) is 8.65. The smallest absolute Gasteiger partial charge is 0.252 e. The fraction of sp³-hybridized carbons (Fsp3) is 0.222. The Kier molecular flexibility index (Phi) is 5.87. The predicted octanol–water partition coefficient (Wildman–Crippen LogP) is 4.12. The predicted molar refractivity (Wildman–Crippen MR) is 124 cm³/mol. The highest BCUT2D eigenvalue weighted by molar-refractivity contribution is 6.15. The Morgan fingerprint density at radius 3 is 2.18 bits per heavy atom. The Labute approximate surface area is 192 Å². The standard InChI is InChI=1S/C27H25NO5/c1-16(29)18-13-14-22-21(15-18)23(25(31)27(2,3)33-22)28-26(32)20-12-8-7-11-19(20)24(30)17-9-5-4-6-10-17/h4-15,23,25,31H,1-3H3,(H,28,32)/t23-,25+/m0/s1. The minimum Gasteiger partial charge on any atom is -0.485 e. The van der Waals surface area contributed by atoms with Crippen molar-refractivity contribution in [3.05, 3.63) is 101 Å². The summed E-state index contributed by atoms with van der Waals surface area (Å²) in [5.74, 6) is -0.431. The summed E-state index contributed by atoms with van der Waals surface area (Å²) in [5, 5.41) is 13.9. The van der Waals surface area contributed by atoms with E-state index in [1.54, 1.807) is 80.6 Å². The number of carbonyl (C=O) groups is 3. The molecule has 0 spiro atoms. The molecular formula is C27H25NO5. The molecule has 6 nitrogen and oxygen atoms in total. The van der Waals surface area contributed by atoms with Gasteiger partial charge in [-0.1, -0.05) is 48.5 Å². The zero-order valence-electron chi connectivity index (χ0n) is 18.7. The lowest BCUT2D eigenvalue weighted by Gasteiger charge is -2.42. The Morgan fingerprint density at radius 2 is 1.52 bits per heavy atom. The monoisotopic (exact) mass is 443 g/mol. The largest absolute Gasteiger partial charge is 0.485 e. The molecule has 0 saturated carbocycles. The highest BCUT2D eigenvalue weighted by Crippen LogP contribution is 2.40. The number of rotatable bonds is 5. The van der Waals surface area contributed by atoms with Crippen LogP contribution in [0.5, 0.6) is 5.75 Å². The molecule has 1 aliphatic rings. The maximum absolute atomic E-state index is 13.4. The molecule has 2 atom stereocenters. The lowest BCUT2D eigenvalue weighted by molar-refractivity contribution is -0.0627. The van der Waals surface area contributed by atoms with Crippen LogP contribution in [0.4, 0.5) is 0 Å². The van der Waals surface area contributed by atoms with Gasteiger partial charge in [-0.05, 0) is 45.0 Å². The van der Waals surface area contributed by atoms with Crippen LogP contribution in [-0.4, -0.2) is 34.3 Å². The number of ketones is 2. The molecule has 0 fully saturated rings. The van der Waals surface area contributed by atoms with Crippen molar-refractivity contribution in [3.8, 4) is 5.75 Å². The number of ether oxygens (including phenoxy) is 1. The molecule has 0 aliphatic carbocycles. The van der Waals surface area contributed by atoms with Crippen LogP contribution in [0.1, 0.15) is 69.0 Å². The average Bonchev–Trinajstić information content (AvgIpc) is 2.81. The summed E-state index contributed by atoms with van der Waals surface area (Å²) in [5.41, 5.74) is 0.911. The first-order valence-corrected chi connectivity index (χ1v) is 10.7. The summed E-state index contributed by atoms with van der Waals surface area (Å²) in [4.78, 5) is 38.4. The molecule has 1 aliphatic heterocycles. The van der Waals surface area contributed by atoms with Gasteiger partial charge in [-0.25, -0.2) is 0 Å². The van der Waals surface area contributed by atoms with Crippen LogP contribution in [0.15, 0.2) is 72.8 Å². The van der Waals surface area contributed by atoms with Gasteiger partial charge in [-0.2, -0.15) is 0 Å². The van der Waals surface area contributed by atoms with Crippen LogP contribution in [-0.2, 0) is 0 Å². The zero-order chi connectivity index (χ0) is 23.8. The van der Waals surface area contributed by atoms with Gasteiger partial charge in [-0.15, -0.1) is 0 Å². The maximum atomic E-state index is 13.4. The third-order valence-corrected chi connectivity index (χ3v) is 5.89. The molecule has 0 saturated heterocycles. The van der Waals surface area contributed by atoms with E-state index in [-0.39, 0.29) is 22.7 Å². The van der Waals surface area contributed by atoms with Gasteiger partial charge in [0.1, 0.15) is 17.5 Å². The molecule has 6 heteroatoms. The number of benzene rings is 3. The summed E-state index contributed by atoms with van der Waals surface area (Å²) in [6.07, 6.45) is -1.09. The highest BCUT2D eigenvalue weighted by Gasteiger charge is 2.44. The number of aliphatic hydroxyl groups is 1. The molecule has 4 rings (SSSR count). The first kappa shape index (κ1) is 22.4. The van der Waals surface area contributed by atoms with E-state index in [2.05, 4.69) is 5.32 Å². The second-order valence-electron chi connectivity index (χ2n) is 8.65. The molecule has 0 aromatic heterocycles. The Morgan fingerprint density at radius 1 is 0.879 bits per heavy atom. The van der Waals surface area contributed by atoms with Gasteiger partial charge in [0.2, 0.25) is 0 Å². The molecule has 33 heavy (non-hydrogen) atoms. The molecule has 3 aromatic rings. The van der Waals surface area contributed by atoms with E-state index in [1.165, 1.54) is 6.92 Å². The first-order chi connectivity index (χ1) is 15.7. The molecule has 1 heterocycles. The van der Waals surface area contributed by atoms with E-state index in [4.69, 9.17) is 4.74 Å². The van der Waals surface area contributed by atoms with E-state index >= 15 is 0 Å². The number of aliphatic hydroxyl groups excluding tert-OH is 1. The molecule has 0 radical (unpaired) electrons. The summed E-state index contributed by atoms with van der Waals surface area (Å²) >= 11 is 0. The van der Waals surface area contributed by atoms with Gasteiger partial charge in [0, 0.05) is 22.3 Å². The Hall–Kier alpha value is -3.77. The fourth-order valence-corrected chi connectivity index (χ4v) is 4.02. The quantitative estimate of drug-likeness (QED) is 0.579. The molecule has 168 valence electrons. The number of carbonyl (C=O) groups excluding carboxylic acids is 3. The van der Waals surface area contributed by atoms with Crippen molar-refractivity contribution in [1.82, 2.24) is 5.32 Å². The molecular weight excluding hydrogens is 418 g/mol. The highest BCUT2D eigenvalue weighted by atomic mass is 16.5. The van der Waals surface area contributed by atoms with E-state index in [1.807, 2.05) is 6.07 Å². The molecule has 2 N–H and O–H groups in total. The van der Waals surface area contributed by atoms with Gasteiger partial charge < -0.3 is 15.2 Å². The minimum absolute atomic E-state index is 0.138. The fourth-order valence-electron chi connectivity index (χ4n) is 4.02. The van der Waals surface area contributed by atoms with E-state index in [0.29, 0.717) is 22.4 Å². The van der Waals surface area contributed by atoms with Crippen molar-refractivity contribution in [2.75, 3.05) is 0 Å². The summed E-state index contributed by atoms with van der Waals surface area (Å²) in [6.45, 7) is 4.90. The summed E-state index contributed by atoms with van der Waals surface area (Å²) in [6, 6.07) is 19.4. The second kappa shape index (κ2) is 8.64. The maximum Gasteiger partial charge on any atom is 0.252 e. The van der Waals surface area contributed by atoms with Gasteiger partial charge in [0.25, 0.3) is 5.91 Å². The number of Topliss-reactive ketones (excluding diaryl/α,β-unsaturated/α-hetero) is 1. The van der Waals surface area contributed by atoms with E-state index < -0.39 is 23.7 Å². The van der Waals surface area contributed by atoms with Crippen LogP contribution in [0.25, 0.3) is 0 Å². The Bertz CT molecular complexity index is 1230. The summed E-state index contributed by atoms with van der Waals surface area (Å²) < 4.78 is 5.94. The lowest BCUT2D eigenvalue weighted by Crippen LogP contribution is -2.53. The number of hydrogen-bond acceptors (Lipinski definition) is 5. The van der Waals surface area contributed by atoms with Gasteiger partial charge in [-0.3, -0.25) is 14.4 Å². The van der Waals surface area contributed by atoms with Crippen LogP contribution in [0.2, 0.25) is 0 Å². The minimum atomic E-state index is -1.09. The number of amides is 1. The van der Waals surface area contributed by atoms with Crippen LogP contribution >= 0.6 is 0 Å². The number of nitrogens with one attached hydrogen (secondary N) is 1. The van der Waals surface area contributed by atoms with Crippen molar-refractivity contribution >= 4 is 17.5 Å². The number of hydrogen-bond donors (Lipinski definition) is 2. The van der Waals surface area contributed by atoms with Crippen LogP contribution in [0, 0.1) is 0 Å². The van der Waals surface area contributed by atoms with Gasteiger partial charge in [0.15, 0.2) is 11.6 Å². The lowest BCUT2D eigenvalue weighted by atomic mass is 9.85. The average molecular weight is 443 g/mol. The van der Waals surface area contributed by atoms with Crippen LogP contribution < -0.4 is 10.1 Å². The van der Waals surface area contributed by atoms with Crippen molar-refractivity contribution < 1.29 is 24.2 Å². The zero-order valence-corrected chi connectivity index (χ0v) is 18.7. The molecule has 0 unspecified atom stereocenters. The van der Waals surface area contributed by atoms with Crippen molar-refractivity contribution in [3.63, 3.8) is 0 Å². The number of fused-ring (bicyclic) bond motifs is 1. The van der Waals surface area contributed by atoms with Crippen molar-refractivity contribution in [2.24, 2.45) is 0 Å². The molecule has 1 amide bonds. The van der Waals surface area contributed by atoms with Crippen molar-refractivity contribution in [2.45, 2.75) is 38.5 Å². The van der Waals surface area contributed by atoms with Crippen molar-refractivity contribution in [1.29, 1.82) is 0 Å². The SMILES string of the molecule is CC(=O)c1ccc2c(c1)[C@H](NC(=O)c1ccccc1C(=O)c1ccccc1)[C@@H](O)C(C)(C)O2. The first-order valence-electron chi connectivity index (χ1n) is 10.7. The molecule has 3 aromatic carbocycles. The Balaban J connectivity index is 1.72. The van der Waals surface area contributed by atoms with Gasteiger partial charge in [0.05, 0.1) is 11.6 Å². The third kappa shape index (κ3) is 4.30. The normalized spacial score (nSPS) is 18.5. The topological polar surface area (TPSA) is 92.7 Å². The van der Waals surface area contributed by atoms with E-state index in [0.717, 1.165) is 0 Å². The van der Waals surface area contributed by atoms with Gasteiger partial charge >= 0.3 is 0 Å². The molecule has 0 bridgehead atoms. The summed E-state index contributed by atoms with van der Waals surface area (Å²) in [7, 11) is 0. The van der Waals surface area contributed by atoms with Crippen LogP contribution in [0.3, 0.4) is 0 Å². The third-order valence-electron chi connectivity index (χ3n) is 5.89. The van der Waals surface area contributed by atoms with E-state index in [9.17, 15) is 19.5 Å².